The van der Waals surface area contributed by atoms with Crippen LogP contribution in [0.5, 0.6) is 5.75 Å². The Morgan fingerprint density at radius 2 is 1.94 bits per heavy atom. The highest BCUT2D eigenvalue weighted by atomic mass is 16.5. The lowest BCUT2D eigenvalue weighted by Gasteiger charge is -2.25. The van der Waals surface area contributed by atoms with Crippen molar-refractivity contribution in [2.24, 2.45) is 5.92 Å². The molecular weight excluding hydrogens is 214 g/mol. The molecule has 0 amide bonds. The van der Waals surface area contributed by atoms with E-state index in [-0.39, 0.29) is 6.10 Å². The minimum Gasteiger partial charge on any atom is -0.494 e. The third kappa shape index (κ3) is 3.20. The quantitative estimate of drug-likeness (QED) is 0.822. The molecule has 0 aliphatic carbocycles. The topological polar surface area (TPSA) is 46.1 Å². The van der Waals surface area contributed by atoms with Gasteiger partial charge in [-0.2, -0.15) is 0 Å². The van der Waals surface area contributed by atoms with Crippen LogP contribution in [0.3, 0.4) is 0 Å². The minimum atomic E-state index is -0.320. The molecule has 17 heavy (non-hydrogen) atoms. The first-order valence-electron chi connectivity index (χ1n) is 6.53. The van der Waals surface area contributed by atoms with Crippen LogP contribution >= 0.6 is 0 Å². The Bertz CT molecular complexity index is 331. The zero-order valence-electron chi connectivity index (χ0n) is 10.4. The maximum absolute atomic E-state index is 10.3. The van der Waals surface area contributed by atoms with Crippen molar-refractivity contribution in [3.05, 3.63) is 29.8 Å². The van der Waals surface area contributed by atoms with Crippen LogP contribution in [0.25, 0.3) is 0 Å². The van der Waals surface area contributed by atoms with Crippen LogP contribution in [-0.2, 0) is 0 Å². The van der Waals surface area contributed by atoms with Crippen molar-refractivity contribution in [2.45, 2.75) is 25.9 Å². The highest BCUT2D eigenvalue weighted by molar-refractivity contribution is 5.28. The summed E-state index contributed by atoms with van der Waals surface area (Å²) in [5, 5.41) is 12.6. The Hall–Kier alpha value is -1.06. The van der Waals surface area contributed by atoms with Gasteiger partial charge in [-0.25, -0.2) is 0 Å². The van der Waals surface area contributed by atoms with Gasteiger partial charge in [-0.05, 0) is 30.5 Å². The van der Waals surface area contributed by atoms with Crippen LogP contribution in [0.1, 0.15) is 31.4 Å². The van der Waals surface area contributed by atoms with Crippen LogP contribution in [0.2, 0.25) is 0 Å². The molecule has 3 nitrogen and oxygen atoms in total. The fourth-order valence-corrected chi connectivity index (χ4v) is 2.47. The molecule has 1 aliphatic heterocycles. The van der Waals surface area contributed by atoms with Gasteiger partial charge < -0.3 is 15.2 Å². The summed E-state index contributed by atoms with van der Waals surface area (Å²) in [6.07, 6.45) is 1.89. The molecule has 3 N–H and O–H groups in total. The number of nitrogens with two attached hydrogens (primary N) is 1. The second kappa shape index (κ2) is 6.03. The van der Waals surface area contributed by atoms with Crippen LogP contribution < -0.4 is 10.1 Å². The maximum atomic E-state index is 10.3. The number of hydrogen-bond donors (Lipinski definition) is 2. The molecule has 0 bridgehead atoms. The fourth-order valence-electron chi connectivity index (χ4n) is 2.47. The predicted molar refractivity (Wildman–Crippen MR) is 67.0 cm³/mol. The van der Waals surface area contributed by atoms with E-state index in [2.05, 4.69) is 5.32 Å². The van der Waals surface area contributed by atoms with E-state index in [1.54, 1.807) is 0 Å². The normalized spacial score (nSPS) is 18.9. The standard InChI is InChI=1S/C14H21NO2/c1-2-17-13-5-3-11(4-6-13)14(16)12-7-9-15-10-8-12/h3-6,12,14-16H,2,7-10H2,1H3/p+1/t14-/m1/s1. The van der Waals surface area contributed by atoms with Crippen LogP contribution in [0.15, 0.2) is 24.3 Å². The van der Waals surface area contributed by atoms with Crippen molar-refractivity contribution < 1.29 is 15.2 Å². The monoisotopic (exact) mass is 236 g/mol. The summed E-state index contributed by atoms with van der Waals surface area (Å²) < 4.78 is 5.40. The van der Waals surface area contributed by atoms with E-state index >= 15 is 0 Å². The number of aliphatic hydroxyl groups is 1. The molecule has 2 rings (SSSR count). The van der Waals surface area contributed by atoms with E-state index in [4.69, 9.17) is 4.74 Å². The lowest BCUT2D eigenvalue weighted by Crippen LogP contribution is -2.86. The molecule has 0 aromatic heterocycles. The van der Waals surface area contributed by atoms with Crippen LogP contribution in [0, 0.1) is 5.92 Å². The number of hydrogen-bond acceptors (Lipinski definition) is 2. The van der Waals surface area contributed by atoms with E-state index in [9.17, 15) is 5.11 Å². The number of ether oxygens (including phenoxy) is 1. The smallest absolute Gasteiger partial charge is 0.119 e. The van der Waals surface area contributed by atoms with E-state index < -0.39 is 0 Å². The van der Waals surface area contributed by atoms with Gasteiger partial charge in [-0.1, -0.05) is 12.1 Å². The second-order valence-electron chi connectivity index (χ2n) is 4.65. The minimum absolute atomic E-state index is 0.320. The zero-order chi connectivity index (χ0) is 12.1. The molecule has 1 fully saturated rings. The van der Waals surface area contributed by atoms with Gasteiger partial charge in [0.1, 0.15) is 5.75 Å². The maximum Gasteiger partial charge on any atom is 0.119 e. The van der Waals surface area contributed by atoms with Gasteiger partial charge in [0, 0.05) is 12.8 Å². The Kier molecular flexibility index (Phi) is 4.40. The van der Waals surface area contributed by atoms with Crippen molar-refractivity contribution in [3.63, 3.8) is 0 Å². The lowest BCUT2D eigenvalue weighted by atomic mass is 9.88. The van der Waals surface area contributed by atoms with Crippen LogP contribution in [-0.4, -0.2) is 24.8 Å². The largest absolute Gasteiger partial charge is 0.494 e. The Labute approximate surface area is 103 Å². The number of aliphatic hydroxyl groups excluding tert-OH is 1. The van der Waals surface area contributed by atoms with Crippen molar-refractivity contribution >= 4 is 0 Å². The van der Waals surface area contributed by atoms with Gasteiger partial charge in [0.2, 0.25) is 0 Å². The number of rotatable bonds is 4. The first kappa shape index (κ1) is 12.4. The second-order valence-corrected chi connectivity index (χ2v) is 4.65. The highest BCUT2D eigenvalue weighted by Gasteiger charge is 2.24. The van der Waals surface area contributed by atoms with Crippen molar-refractivity contribution in [3.8, 4) is 5.75 Å². The molecule has 1 aromatic carbocycles. The molecule has 3 heteroatoms. The average molecular weight is 236 g/mol. The van der Waals surface area contributed by atoms with Crippen LogP contribution in [0.4, 0.5) is 0 Å². The summed E-state index contributed by atoms with van der Waals surface area (Å²) in [5.74, 6) is 1.29. The predicted octanol–water partition coefficient (Wildman–Crippen LogP) is 1.09. The van der Waals surface area contributed by atoms with Crippen molar-refractivity contribution in [1.82, 2.24) is 0 Å². The van der Waals surface area contributed by atoms with E-state index in [1.165, 1.54) is 0 Å². The molecule has 0 unspecified atom stereocenters. The summed E-state index contributed by atoms with van der Waals surface area (Å²) in [6.45, 7) is 4.93. The highest BCUT2D eigenvalue weighted by Crippen LogP contribution is 2.28. The first-order chi connectivity index (χ1) is 8.31. The summed E-state index contributed by atoms with van der Waals surface area (Å²) in [4.78, 5) is 0. The Balaban J connectivity index is 2.00. The van der Waals surface area contributed by atoms with E-state index in [1.807, 2.05) is 31.2 Å². The number of piperidine rings is 1. The molecule has 1 heterocycles. The SMILES string of the molecule is CCOc1ccc([C@@H](O)C2CC[NH2+]CC2)cc1. The molecule has 94 valence electrons. The Morgan fingerprint density at radius 1 is 1.29 bits per heavy atom. The van der Waals surface area contributed by atoms with Gasteiger partial charge in [-0.15, -0.1) is 0 Å². The van der Waals surface area contributed by atoms with Gasteiger partial charge in [0.15, 0.2) is 0 Å². The summed E-state index contributed by atoms with van der Waals surface area (Å²) in [5.41, 5.74) is 1.01. The first-order valence-corrected chi connectivity index (χ1v) is 6.53. The van der Waals surface area contributed by atoms with E-state index in [0.717, 1.165) is 37.2 Å². The molecule has 1 saturated heterocycles. The fraction of sp³-hybridized carbons (Fsp3) is 0.571. The van der Waals surface area contributed by atoms with Crippen molar-refractivity contribution in [1.29, 1.82) is 0 Å². The lowest BCUT2D eigenvalue weighted by molar-refractivity contribution is -0.665. The summed E-state index contributed by atoms with van der Waals surface area (Å²) in [6, 6.07) is 7.84. The molecule has 0 radical (unpaired) electrons. The van der Waals surface area contributed by atoms with Gasteiger partial charge in [0.25, 0.3) is 0 Å². The third-order valence-corrected chi connectivity index (χ3v) is 3.46. The summed E-state index contributed by atoms with van der Waals surface area (Å²) in [7, 11) is 0. The third-order valence-electron chi connectivity index (χ3n) is 3.46. The average Bonchev–Trinajstić information content (AvgIpc) is 2.40. The number of quaternary nitrogens is 1. The molecular formula is C14H22NO2+. The number of benzene rings is 1. The van der Waals surface area contributed by atoms with Gasteiger partial charge >= 0.3 is 0 Å². The molecule has 0 saturated carbocycles. The van der Waals surface area contributed by atoms with Gasteiger partial charge in [-0.3, -0.25) is 0 Å². The zero-order valence-corrected chi connectivity index (χ0v) is 10.4. The summed E-state index contributed by atoms with van der Waals surface area (Å²) >= 11 is 0. The van der Waals surface area contributed by atoms with Gasteiger partial charge in [0.05, 0.1) is 25.8 Å². The molecule has 0 spiro atoms. The molecule has 1 atom stereocenters. The molecule has 1 aliphatic rings. The van der Waals surface area contributed by atoms with Crippen molar-refractivity contribution in [2.75, 3.05) is 19.7 Å². The molecule has 1 aromatic rings. The van der Waals surface area contributed by atoms with E-state index in [0.29, 0.717) is 12.5 Å². The Morgan fingerprint density at radius 3 is 2.53 bits per heavy atom.